The van der Waals surface area contributed by atoms with Gasteiger partial charge in [-0.3, -0.25) is 0 Å². The molecule has 0 amide bonds. The topological polar surface area (TPSA) is 38.7 Å². The minimum absolute atomic E-state index is 0.184. The van der Waals surface area contributed by atoms with Gasteiger partial charge in [0.25, 0.3) is 0 Å². The molecule has 72 valence electrons. The molecule has 1 rings (SSSR count). The minimum Gasteiger partial charge on any atom is -0.376 e. The Bertz CT molecular complexity index is 125. The van der Waals surface area contributed by atoms with E-state index in [4.69, 9.17) is 14.6 Å². The molecule has 0 aliphatic carbocycles. The Hall–Kier alpha value is -0.120. The number of aliphatic hydroxyl groups excluding tert-OH is 1. The Labute approximate surface area is 73.7 Å². The lowest BCUT2D eigenvalue weighted by atomic mass is 9.98. The van der Waals surface area contributed by atoms with Crippen LogP contribution in [0.5, 0.6) is 0 Å². The maximum Gasteiger partial charge on any atom is 0.151 e. The number of aliphatic hydroxyl groups is 1. The van der Waals surface area contributed by atoms with Crippen molar-refractivity contribution in [3.05, 3.63) is 0 Å². The zero-order valence-electron chi connectivity index (χ0n) is 7.82. The summed E-state index contributed by atoms with van der Waals surface area (Å²) in [4.78, 5) is 0. The third-order valence-corrected chi connectivity index (χ3v) is 2.15. The fraction of sp³-hybridized carbons (Fsp3) is 1.00. The van der Waals surface area contributed by atoms with Crippen LogP contribution in [0.4, 0.5) is 0 Å². The van der Waals surface area contributed by atoms with E-state index in [9.17, 15) is 0 Å². The van der Waals surface area contributed by atoms with Crippen molar-refractivity contribution in [2.75, 3.05) is 13.2 Å². The molecule has 3 heteroatoms. The van der Waals surface area contributed by atoms with Crippen molar-refractivity contribution in [1.29, 1.82) is 0 Å². The molecule has 0 aromatic carbocycles. The molecule has 0 aromatic heterocycles. The van der Waals surface area contributed by atoms with Gasteiger partial charge in [-0.25, -0.2) is 0 Å². The standard InChI is InChI=1S/C9H18O3/c1-7-3-4-11-9(5-7)6-12-8(2)10/h7-10H,3-6H2,1-2H3. The maximum absolute atomic E-state index is 8.87. The van der Waals surface area contributed by atoms with Crippen LogP contribution in [0.15, 0.2) is 0 Å². The largest absolute Gasteiger partial charge is 0.376 e. The fourth-order valence-electron chi connectivity index (χ4n) is 1.43. The fourth-order valence-corrected chi connectivity index (χ4v) is 1.43. The van der Waals surface area contributed by atoms with Gasteiger partial charge in [0, 0.05) is 6.61 Å². The molecule has 0 aromatic rings. The zero-order valence-corrected chi connectivity index (χ0v) is 7.82. The highest BCUT2D eigenvalue weighted by atomic mass is 16.6. The van der Waals surface area contributed by atoms with Crippen LogP contribution in [0.2, 0.25) is 0 Å². The minimum atomic E-state index is -0.675. The van der Waals surface area contributed by atoms with Crippen LogP contribution >= 0.6 is 0 Å². The van der Waals surface area contributed by atoms with Gasteiger partial charge >= 0.3 is 0 Å². The summed E-state index contributed by atoms with van der Waals surface area (Å²) in [5, 5.41) is 8.87. The molecule has 12 heavy (non-hydrogen) atoms. The van der Waals surface area contributed by atoms with Crippen LogP contribution in [0.3, 0.4) is 0 Å². The highest BCUT2D eigenvalue weighted by Crippen LogP contribution is 2.19. The van der Waals surface area contributed by atoms with Crippen LogP contribution in [0.25, 0.3) is 0 Å². The molecule has 1 aliphatic heterocycles. The van der Waals surface area contributed by atoms with Crippen molar-refractivity contribution < 1.29 is 14.6 Å². The first-order chi connectivity index (χ1) is 5.68. The first-order valence-corrected chi connectivity index (χ1v) is 4.59. The molecular formula is C9H18O3. The quantitative estimate of drug-likeness (QED) is 0.652. The van der Waals surface area contributed by atoms with Crippen molar-refractivity contribution in [2.45, 2.75) is 39.1 Å². The summed E-state index contributed by atoms with van der Waals surface area (Å²) < 4.78 is 10.5. The summed E-state index contributed by atoms with van der Waals surface area (Å²) in [6.45, 7) is 5.18. The van der Waals surface area contributed by atoms with E-state index in [-0.39, 0.29) is 6.10 Å². The SMILES string of the molecule is CC1CCOC(COC(C)O)C1. The van der Waals surface area contributed by atoms with Crippen LogP contribution < -0.4 is 0 Å². The lowest BCUT2D eigenvalue weighted by Gasteiger charge is -2.27. The van der Waals surface area contributed by atoms with Crippen molar-refractivity contribution in [3.63, 3.8) is 0 Å². The molecule has 0 bridgehead atoms. The van der Waals surface area contributed by atoms with Gasteiger partial charge in [-0.05, 0) is 25.7 Å². The normalized spacial score (nSPS) is 33.2. The molecular weight excluding hydrogens is 156 g/mol. The lowest BCUT2D eigenvalue weighted by Crippen LogP contribution is -2.29. The molecule has 3 atom stereocenters. The van der Waals surface area contributed by atoms with E-state index in [1.165, 1.54) is 0 Å². The molecule has 3 unspecified atom stereocenters. The van der Waals surface area contributed by atoms with Gasteiger partial charge in [0.1, 0.15) is 0 Å². The van der Waals surface area contributed by atoms with Crippen molar-refractivity contribution in [2.24, 2.45) is 5.92 Å². The van der Waals surface area contributed by atoms with Crippen LogP contribution in [0, 0.1) is 5.92 Å². The van der Waals surface area contributed by atoms with Crippen molar-refractivity contribution >= 4 is 0 Å². The molecule has 0 saturated carbocycles. The Kier molecular flexibility index (Phi) is 3.98. The maximum atomic E-state index is 8.87. The zero-order chi connectivity index (χ0) is 8.97. The Morgan fingerprint density at radius 3 is 3.00 bits per heavy atom. The van der Waals surface area contributed by atoms with Gasteiger partial charge in [0.05, 0.1) is 12.7 Å². The third kappa shape index (κ3) is 3.52. The molecule has 0 radical (unpaired) electrons. The van der Waals surface area contributed by atoms with Gasteiger partial charge in [-0.15, -0.1) is 0 Å². The number of ether oxygens (including phenoxy) is 2. The second kappa shape index (κ2) is 4.80. The number of hydrogen-bond donors (Lipinski definition) is 1. The van der Waals surface area contributed by atoms with Crippen molar-refractivity contribution in [1.82, 2.24) is 0 Å². The monoisotopic (exact) mass is 174 g/mol. The molecule has 1 fully saturated rings. The highest BCUT2D eigenvalue weighted by Gasteiger charge is 2.19. The van der Waals surface area contributed by atoms with E-state index in [0.29, 0.717) is 6.61 Å². The van der Waals surface area contributed by atoms with E-state index < -0.39 is 6.29 Å². The summed E-state index contributed by atoms with van der Waals surface area (Å²) in [7, 11) is 0. The molecule has 1 aliphatic rings. The van der Waals surface area contributed by atoms with Gasteiger partial charge in [-0.1, -0.05) is 6.92 Å². The predicted octanol–water partition coefficient (Wildman–Crippen LogP) is 1.16. The van der Waals surface area contributed by atoms with E-state index in [1.807, 2.05) is 0 Å². The van der Waals surface area contributed by atoms with E-state index >= 15 is 0 Å². The van der Waals surface area contributed by atoms with Crippen LogP contribution in [0.1, 0.15) is 26.7 Å². The summed E-state index contributed by atoms with van der Waals surface area (Å²) in [6.07, 6.45) is 1.70. The summed E-state index contributed by atoms with van der Waals surface area (Å²) in [5.41, 5.74) is 0. The van der Waals surface area contributed by atoms with Gasteiger partial charge < -0.3 is 14.6 Å². The van der Waals surface area contributed by atoms with Crippen LogP contribution in [-0.2, 0) is 9.47 Å². The molecule has 0 spiro atoms. The molecule has 1 saturated heterocycles. The predicted molar refractivity (Wildman–Crippen MR) is 45.8 cm³/mol. The van der Waals surface area contributed by atoms with E-state index in [1.54, 1.807) is 6.92 Å². The van der Waals surface area contributed by atoms with Gasteiger partial charge in [0.15, 0.2) is 6.29 Å². The second-order valence-electron chi connectivity index (χ2n) is 3.55. The Morgan fingerprint density at radius 2 is 2.42 bits per heavy atom. The van der Waals surface area contributed by atoms with Gasteiger partial charge in [-0.2, -0.15) is 0 Å². The summed E-state index contributed by atoms with van der Waals surface area (Å²) in [6, 6.07) is 0. The van der Waals surface area contributed by atoms with Crippen molar-refractivity contribution in [3.8, 4) is 0 Å². The lowest BCUT2D eigenvalue weighted by molar-refractivity contribution is -0.132. The average Bonchev–Trinajstić information content (AvgIpc) is 2.01. The number of hydrogen-bond acceptors (Lipinski definition) is 3. The Morgan fingerprint density at radius 1 is 1.67 bits per heavy atom. The summed E-state index contributed by atoms with van der Waals surface area (Å²) >= 11 is 0. The number of rotatable bonds is 3. The first kappa shape index (κ1) is 9.96. The first-order valence-electron chi connectivity index (χ1n) is 4.59. The smallest absolute Gasteiger partial charge is 0.151 e. The van der Waals surface area contributed by atoms with E-state index in [2.05, 4.69) is 6.92 Å². The second-order valence-corrected chi connectivity index (χ2v) is 3.55. The molecule has 3 nitrogen and oxygen atoms in total. The van der Waals surface area contributed by atoms with E-state index in [0.717, 1.165) is 25.4 Å². The van der Waals surface area contributed by atoms with Crippen LogP contribution in [-0.4, -0.2) is 30.7 Å². The van der Waals surface area contributed by atoms with Gasteiger partial charge in [0.2, 0.25) is 0 Å². The average molecular weight is 174 g/mol. The Balaban J connectivity index is 2.14. The molecule has 1 N–H and O–H groups in total. The molecule has 1 heterocycles. The highest BCUT2D eigenvalue weighted by molar-refractivity contribution is 4.67. The third-order valence-electron chi connectivity index (χ3n) is 2.15. The summed E-state index contributed by atoms with van der Waals surface area (Å²) in [5.74, 6) is 0.723.